The quantitative estimate of drug-likeness (QED) is 0.741. The van der Waals surface area contributed by atoms with Gasteiger partial charge in [-0.05, 0) is 17.7 Å². The third kappa shape index (κ3) is 2.91. The molecule has 1 N–H and O–H groups in total. The van der Waals surface area contributed by atoms with Crippen molar-refractivity contribution in [2.24, 2.45) is 0 Å². The number of aromatic hydroxyl groups is 1. The normalized spacial score (nSPS) is 21.2. The van der Waals surface area contributed by atoms with E-state index in [0.717, 1.165) is 36.4 Å². The van der Waals surface area contributed by atoms with Gasteiger partial charge in [-0.3, -0.25) is 4.90 Å². The minimum absolute atomic E-state index is 0.0791. The summed E-state index contributed by atoms with van der Waals surface area (Å²) < 4.78 is 26.6. The van der Waals surface area contributed by atoms with Crippen molar-refractivity contribution in [2.75, 3.05) is 26.3 Å². The lowest BCUT2D eigenvalue weighted by Crippen LogP contribution is -2.46. The van der Waals surface area contributed by atoms with E-state index in [4.69, 9.17) is 9.47 Å². The fourth-order valence-corrected chi connectivity index (χ4v) is 5.05. The van der Waals surface area contributed by atoms with E-state index in [0.29, 0.717) is 18.2 Å². The molecule has 27 heavy (non-hydrogen) atoms. The lowest BCUT2D eigenvalue weighted by Gasteiger charge is -2.41. The summed E-state index contributed by atoms with van der Waals surface area (Å²) in [4.78, 5) is 7.84. The Balaban J connectivity index is 1.51. The summed E-state index contributed by atoms with van der Waals surface area (Å²) in [6.45, 7) is 2.76. The van der Waals surface area contributed by atoms with Crippen molar-refractivity contribution in [2.45, 2.75) is 24.7 Å². The fourth-order valence-electron chi connectivity index (χ4n) is 3.95. The lowest BCUT2D eigenvalue weighted by molar-refractivity contribution is -0.187. The van der Waals surface area contributed by atoms with Crippen LogP contribution >= 0.6 is 11.3 Å². The number of hydrogen-bond donors (Lipinski definition) is 1. The first-order valence-electron chi connectivity index (χ1n) is 8.94. The molecule has 0 aliphatic carbocycles. The SMILES string of the molecule is Oc1c([C@@H](c2ccc(F)cc2)N2CCC3(CC2)OCCO3)sc2ncnn12. The zero-order chi connectivity index (χ0) is 18.4. The van der Waals surface area contributed by atoms with E-state index in [1.54, 1.807) is 12.1 Å². The van der Waals surface area contributed by atoms with Crippen LogP contribution in [-0.2, 0) is 9.47 Å². The Hall–Kier alpha value is -2.07. The van der Waals surface area contributed by atoms with Gasteiger partial charge in [0, 0.05) is 25.9 Å². The van der Waals surface area contributed by atoms with Gasteiger partial charge in [-0.25, -0.2) is 9.37 Å². The number of likely N-dealkylation sites (tertiary alicyclic amines) is 1. The molecule has 142 valence electrons. The summed E-state index contributed by atoms with van der Waals surface area (Å²) >= 11 is 1.40. The van der Waals surface area contributed by atoms with Crippen molar-refractivity contribution in [3.05, 3.63) is 46.9 Å². The van der Waals surface area contributed by atoms with Crippen LogP contribution in [0.25, 0.3) is 4.96 Å². The molecule has 2 aliphatic rings. The van der Waals surface area contributed by atoms with Gasteiger partial charge in [0.2, 0.25) is 10.8 Å². The fraction of sp³-hybridized carbons (Fsp3) is 0.444. The molecule has 0 radical (unpaired) electrons. The minimum atomic E-state index is -0.475. The van der Waals surface area contributed by atoms with Crippen LogP contribution in [-0.4, -0.2) is 56.7 Å². The van der Waals surface area contributed by atoms with Crippen LogP contribution in [0.1, 0.15) is 29.3 Å². The second-order valence-electron chi connectivity index (χ2n) is 6.84. The van der Waals surface area contributed by atoms with Crippen LogP contribution < -0.4 is 0 Å². The second-order valence-corrected chi connectivity index (χ2v) is 7.85. The van der Waals surface area contributed by atoms with Crippen LogP contribution in [0.15, 0.2) is 30.6 Å². The van der Waals surface area contributed by atoms with Crippen LogP contribution in [0, 0.1) is 5.82 Å². The number of ether oxygens (including phenoxy) is 2. The number of nitrogens with zero attached hydrogens (tertiary/aromatic N) is 4. The predicted molar refractivity (Wildman–Crippen MR) is 96.2 cm³/mol. The molecule has 2 fully saturated rings. The van der Waals surface area contributed by atoms with E-state index < -0.39 is 5.79 Å². The van der Waals surface area contributed by atoms with Gasteiger partial charge in [-0.2, -0.15) is 9.61 Å². The number of piperidine rings is 1. The molecule has 9 heteroatoms. The molecule has 1 aromatic carbocycles. The van der Waals surface area contributed by atoms with Gasteiger partial charge < -0.3 is 14.6 Å². The summed E-state index contributed by atoms with van der Waals surface area (Å²) in [6, 6.07) is 6.22. The molecule has 3 aromatic rings. The van der Waals surface area contributed by atoms with E-state index in [-0.39, 0.29) is 17.7 Å². The summed E-state index contributed by atoms with van der Waals surface area (Å²) in [5.74, 6) is -0.678. The largest absolute Gasteiger partial charge is 0.492 e. The lowest BCUT2D eigenvalue weighted by atomic mass is 9.97. The Morgan fingerprint density at radius 1 is 1.15 bits per heavy atom. The molecular formula is C18H19FN4O3S. The van der Waals surface area contributed by atoms with Crippen LogP contribution in [0.2, 0.25) is 0 Å². The van der Waals surface area contributed by atoms with Gasteiger partial charge in [-0.15, -0.1) is 0 Å². The number of fused-ring (bicyclic) bond motifs is 1. The third-order valence-corrected chi connectivity index (χ3v) is 6.40. The number of rotatable bonds is 3. The van der Waals surface area contributed by atoms with Gasteiger partial charge in [0.05, 0.1) is 24.1 Å². The summed E-state index contributed by atoms with van der Waals surface area (Å²) in [5, 5.41) is 14.8. The maximum atomic E-state index is 13.5. The van der Waals surface area contributed by atoms with Crippen molar-refractivity contribution in [1.29, 1.82) is 0 Å². The first-order chi connectivity index (χ1) is 13.2. The second kappa shape index (κ2) is 6.52. The van der Waals surface area contributed by atoms with Gasteiger partial charge in [0.15, 0.2) is 5.79 Å². The highest BCUT2D eigenvalue weighted by Gasteiger charge is 2.42. The molecule has 2 saturated heterocycles. The average Bonchev–Trinajstić information content (AvgIpc) is 3.39. The Kier molecular flexibility index (Phi) is 4.12. The highest BCUT2D eigenvalue weighted by molar-refractivity contribution is 7.17. The zero-order valence-corrected chi connectivity index (χ0v) is 15.4. The molecular weight excluding hydrogens is 371 g/mol. The van der Waals surface area contributed by atoms with Crippen molar-refractivity contribution < 1.29 is 19.0 Å². The van der Waals surface area contributed by atoms with Crippen LogP contribution in [0.3, 0.4) is 0 Å². The Bertz CT molecular complexity index is 941. The standard InChI is InChI=1S/C18H19FN4O3S/c19-13-3-1-12(2-4-13)14(15-16(24)23-17(27-15)20-11-21-23)22-7-5-18(6-8-22)25-9-10-26-18/h1-4,11,14,24H,5-10H2/t14-/m1/s1. The monoisotopic (exact) mass is 390 g/mol. The molecule has 5 rings (SSSR count). The molecule has 1 spiro atoms. The molecule has 2 aliphatic heterocycles. The van der Waals surface area contributed by atoms with Gasteiger partial charge in [-0.1, -0.05) is 23.5 Å². The Labute approximate surface area is 159 Å². The maximum absolute atomic E-state index is 13.5. The number of thiazole rings is 1. The van der Waals surface area contributed by atoms with Crippen LogP contribution in [0.4, 0.5) is 4.39 Å². The number of aromatic nitrogens is 3. The molecule has 0 bridgehead atoms. The molecule has 2 aromatic heterocycles. The van der Waals surface area contributed by atoms with Gasteiger partial charge in [0.25, 0.3) is 0 Å². The minimum Gasteiger partial charge on any atom is -0.492 e. The third-order valence-electron chi connectivity index (χ3n) is 5.31. The highest BCUT2D eigenvalue weighted by atomic mass is 32.1. The van der Waals surface area contributed by atoms with E-state index >= 15 is 0 Å². The first kappa shape index (κ1) is 17.1. The van der Waals surface area contributed by atoms with Crippen molar-refractivity contribution in [3.63, 3.8) is 0 Å². The average molecular weight is 390 g/mol. The molecule has 0 unspecified atom stereocenters. The zero-order valence-electron chi connectivity index (χ0n) is 14.5. The number of hydrogen-bond acceptors (Lipinski definition) is 7. The maximum Gasteiger partial charge on any atom is 0.230 e. The van der Waals surface area contributed by atoms with Crippen LogP contribution in [0.5, 0.6) is 5.88 Å². The summed E-state index contributed by atoms with van der Waals surface area (Å²) in [7, 11) is 0. The highest BCUT2D eigenvalue weighted by Crippen LogP contribution is 2.42. The molecule has 1 atom stereocenters. The summed E-state index contributed by atoms with van der Waals surface area (Å²) in [6.07, 6.45) is 2.93. The van der Waals surface area contributed by atoms with Crippen molar-refractivity contribution >= 4 is 16.3 Å². The van der Waals surface area contributed by atoms with Gasteiger partial charge in [0.1, 0.15) is 12.1 Å². The smallest absolute Gasteiger partial charge is 0.230 e. The molecule has 7 nitrogen and oxygen atoms in total. The van der Waals surface area contributed by atoms with E-state index in [9.17, 15) is 9.50 Å². The van der Waals surface area contributed by atoms with Crippen molar-refractivity contribution in [1.82, 2.24) is 19.5 Å². The predicted octanol–water partition coefficient (Wildman–Crippen LogP) is 2.56. The molecule has 0 amide bonds. The van der Waals surface area contributed by atoms with Crippen molar-refractivity contribution in [3.8, 4) is 5.88 Å². The molecule has 4 heterocycles. The van der Waals surface area contributed by atoms with Gasteiger partial charge >= 0.3 is 0 Å². The topological polar surface area (TPSA) is 72.1 Å². The number of halogens is 1. The van der Waals surface area contributed by atoms with E-state index in [1.807, 2.05) is 0 Å². The Morgan fingerprint density at radius 3 is 2.52 bits per heavy atom. The Morgan fingerprint density at radius 2 is 1.85 bits per heavy atom. The van der Waals surface area contributed by atoms with E-state index in [1.165, 1.54) is 34.3 Å². The molecule has 0 saturated carbocycles. The number of benzene rings is 1. The van der Waals surface area contributed by atoms with E-state index in [2.05, 4.69) is 15.0 Å². The first-order valence-corrected chi connectivity index (χ1v) is 9.76. The summed E-state index contributed by atoms with van der Waals surface area (Å²) in [5.41, 5.74) is 0.917.